The summed E-state index contributed by atoms with van der Waals surface area (Å²) in [6, 6.07) is 13.5. The quantitative estimate of drug-likeness (QED) is 0.0812. The van der Waals surface area contributed by atoms with E-state index < -0.39 is 171 Å². The van der Waals surface area contributed by atoms with Crippen molar-refractivity contribution in [3.05, 3.63) is 196 Å². The van der Waals surface area contributed by atoms with E-state index in [1.54, 1.807) is 0 Å². The molecule has 0 fully saturated rings. The summed E-state index contributed by atoms with van der Waals surface area (Å²) in [5.74, 6) is -49.8. The predicted octanol–water partition coefficient (Wildman–Crippen LogP) is 14.6. The van der Waals surface area contributed by atoms with Crippen LogP contribution in [0.3, 0.4) is 0 Å². The van der Waals surface area contributed by atoms with E-state index in [4.69, 9.17) is 0 Å². The highest BCUT2D eigenvalue weighted by atomic mass is 19.2. The highest BCUT2D eigenvalue weighted by Gasteiger charge is 2.42. The number of anilines is 9. The molecule has 0 spiro atoms. The first-order valence-corrected chi connectivity index (χ1v) is 17.1. The van der Waals surface area contributed by atoms with E-state index in [0.29, 0.717) is 12.1 Å². The zero-order valence-corrected chi connectivity index (χ0v) is 30.3. The molecule has 0 saturated carbocycles. The Balaban J connectivity index is 1.54. The lowest BCUT2D eigenvalue weighted by molar-refractivity contribution is 0.380. The number of hydrogen-bond acceptors (Lipinski definition) is 3. The van der Waals surface area contributed by atoms with Crippen LogP contribution in [0.2, 0.25) is 0 Å². The zero-order valence-electron chi connectivity index (χ0n) is 30.3. The molecule has 0 aliphatic carbocycles. The second-order valence-corrected chi connectivity index (χ2v) is 12.8. The van der Waals surface area contributed by atoms with Crippen molar-refractivity contribution >= 4 is 51.2 Å². The molecule has 21 heteroatoms. The SMILES string of the molecule is Fc1c(F)c(F)c(N(c2ccccc2)c2c(F)c(F)c(N(c3ccccc3)c3c(F)c(F)c(N(c4ccccc4)c4c(F)c(F)c(F)c(F)c4F)c(F)c3F)c(F)c2F)c(F)c1F. The Morgan fingerprint density at radius 2 is 0.302 bits per heavy atom. The van der Waals surface area contributed by atoms with Gasteiger partial charge in [0.15, 0.2) is 93.1 Å². The lowest BCUT2D eigenvalue weighted by Crippen LogP contribution is -2.25. The van der Waals surface area contributed by atoms with Gasteiger partial charge in [0.05, 0.1) is 0 Å². The van der Waals surface area contributed by atoms with Gasteiger partial charge in [-0.05, 0) is 36.4 Å². The highest BCUT2D eigenvalue weighted by Crippen LogP contribution is 2.51. The molecule has 7 rings (SSSR count). The third kappa shape index (κ3) is 6.86. The first-order valence-electron chi connectivity index (χ1n) is 17.1. The van der Waals surface area contributed by atoms with Crippen LogP contribution in [0.5, 0.6) is 0 Å². The number of halogens is 18. The third-order valence-corrected chi connectivity index (χ3v) is 9.19. The predicted molar refractivity (Wildman–Crippen MR) is 190 cm³/mol. The molecule has 3 nitrogen and oxygen atoms in total. The van der Waals surface area contributed by atoms with E-state index in [2.05, 4.69) is 0 Å². The van der Waals surface area contributed by atoms with Gasteiger partial charge in [0.2, 0.25) is 11.6 Å². The van der Waals surface area contributed by atoms with Gasteiger partial charge in [0.25, 0.3) is 0 Å². The second kappa shape index (κ2) is 16.5. The summed E-state index contributed by atoms with van der Waals surface area (Å²) in [6.45, 7) is 0. The molecule has 63 heavy (non-hydrogen) atoms. The number of benzene rings is 7. The summed E-state index contributed by atoms with van der Waals surface area (Å²) in [7, 11) is 0. The van der Waals surface area contributed by atoms with Crippen molar-refractivity contribution in [3.8, 4) is 0 Å². The van der Waals surface area contributed by atoms with E-state index in [1.807, 2.05) is 0 Å². The van der Waals surface area contributed by atoms with Gasteiger partial charge in [-0.2, -0.15) is 0 Å². The number of rotatable bonds is 9. The maximum absolute atomic E-state index is 16.6. The molecule has 0 aromatic heterocycles. The van der Waals surface area contributed by atoms with Crippen LogP contribution < -0.4 is 14.7 Å². The van der Waals surface area contributed by atoms with Crippen molar-refractivity contribution in [3.63, 3.8) is 0 Å². The van der Waals surface area contributed by atoms with Gasteiger partial charge >= 0.3 is 0 Å². The molecule has 7 aromatic carbocycles. The molecule has 0 unspecified atom stereocenters. The van der Waals surface area contributed by atoms with Crippen LogP contribution in [-0.4, -0.2) is 0 Å². The molecular formula is C42H15F18N3. The minimum absolute atomic E-state index is 0.476. The molecule has 0 bridgehead atoms. The van der Waals surface area contributed by atoms with Gasteiger partial charge in [-0.15, -0.1) is 0 Å². The largest absolute Gasteiger partial charge is 0.300 e. The van der Waals surface area contributed by atoms with Gasteiger partial charge in [-0.3, -0.25) is 14.7 Å². The average molecular weight is 904 g/mol. The van der Waals surface area contributed by atoms with Crippen molar-refractivity contribution in [2.45, 2.75) is 0 Å². The third-order valence-electron chi connectivity index (χ3n) is 9.19. The van der Waals surface area contributed by atoms with Crippen molar-refractivity contribution in [2.24, 2.45) is 0 Å². The Hall–Kier alpha value is -7.32. The first-order chi connectivity index (χ1) is 29.8. The normalized spacial score (nSPS) is 11.3. The lowest BCUT2D eigenvalue weighted by atomic mass is 10.1. The number of nitrogens with zero attached hydrogens (tertiary/aromatic N) is 3. The van der Waals surface area contributed by atoms with E-state index in [1.165, 1.54) is 12.1 Å². The van der Waals surface area contributed by atoms with E-state index in [9.17, 15) is 26.3 Å². The van der Waals surface area contributed by atoms with E-state index in [0.717, 1.165) is 66.7 Å². The summed E-state index contributed by atoms with van der Waals surface area (Å²) in [4.78, 5) is -1.47. The fraction of sp³-hybridized carbons (Fsp3) is 0. The summed E-state index contributed by atoms with van der Waals surface area (Å²) >= 11 is 0. The topological polar surface area (TPSA) is 9.72 Å². The molecule has 0 aliphatic heterocycles. The summed E-state index contributed by atoms with van der Waals surface area (Å²) in [5.41, 5.74) is -16.4. The van der Waals surface area contributed by atoms with Crippen molar-refractivity contribution in [1.82, 2.24) is 0 Å². The second-order valence-electron chi connectivity index (χ2n) is 12.8. The van der Waals surface area contributed by atoms with Crippen molar-refractivity contribution in [2.75, 3.05) is 14.7 Å². The van der Waals surface area contributed by atoms with Crippen LogP contribution in [-0.2, 0) is 0 Å². The minimum atomic E-state index is -2.81. The fourth-order valence-corrected chi connectivity index (χ4v) is 6.42. The van der Waals surface area contributed by atoms with Crippen molar-refractivity contribution < 1.29 is 79.0 Å². The summed E-state index contributed by atoms with van der Waals surface area (Å²) < 4.78 is 279. The van der Waals surface area contributed by atoms with Crippen LogP contribution >= 0.6 is 0 Å². The van der Waals surface area contributed by atoms with Crippen LogP contribution in [0.4, 0.5) is 130 Å². The van der Waals surface area contributed by atoms with Crippen LogP contribution in [0.15, 0.2) is 91.0 Å². The van der Waals surface area contributed by atoms with Crippen molar-refractivity contribution in [1.29, 1.82) is 0 Å². The van der Waals surface area contributed by atoms with Gasteiger partial charge < -0.3 is 0 Å². The lowest BCUT2D eigenvalue weighted by Gasteiger charge is -2.32. The molecule has 0 radical (unpaired) electrons. The van der Waals surface area contributed by atoms with Crippen LogP contribution in [0.1, 0.15) is 0 Å². The van der Waals surface area contributed by atoms with E-state index >= 15 is 52.7 Å². The standard InChI is InChI=1S/C42H15F18N3/c43-19-21(45)25(49)37(26(50)22(19)46)61(16-10-4-1-5-11-16)39-29(53)33(57)41(34(58)30(39)54)63(18-14-8-3-9-15-18)42-35(59)31(55)40(32(56)36(42)60)62(17-12-6-2-7-13-17)38-27(51)23(47)20(44)24(48)28(38)52/h1-15H. The Morgan fingerprint density at radius 3 is 0.460 bits per heavy atom. The molecule has 0 saturated heterocycles. The number of hydrogen-bond donors (Lipinski definition) is 0. The molecule has 0 atom stereocenters. The smallest absolute Gasteiger partial charge is 0.200 e. The molecule has 0 heterocycles. The van der Waals surface area contributed by atoms with Crippen LogP contribution in [0.25, 0.3) is 0 Å². The fourth-order valence-electron chi connectivity index (χ4n) is 6.42. The molecule has 324 valence electrons. The summed E-state index contributed by atoms with van der Waals surface area (Å²) in [5, 5.41) is 0. The number of para-hydroxylation sites is 3. The Labute approximate surface area is 340 Å². The Bertz CT molecular complexity index is 2660. The molecule has 0 aliphatic rings. The van der Waals surface area contributed by atoms with Gasteiger partial charge in [0, 0.05) is 17.1 Å². The molecule has 0 N–H and O–H groups in total. The summed E-state index contributed by atoms with van der Waals surface area (Å²) in [6.07, 6.45) is 0. The maximum atomic E-state index is 16.6. The molecule has 7 aromatic rings. The Kier molecular flexibility index (Phi) is 11.5. The molecular weight excluding hydrogens is 888 g/mol. The minimum Gasteiger partial charge on any atom is -0.300 e. The zero-order chi connectivity index (χ0) is 45.9. The van der Waals surface area contributed by atoms with Crippen LogP contribution in [0, 0.1) is 105 Å². The monoisotopic (exact) mass is 903 g/mol. The maximum Gasteiger partial charge on any atom is 0.200 e. The Morgan fingerprint density at radius 1 is 0.175 bits per heavy atom. The van der Waals surface area contributed by atoms with E-state index in [-0.39, 0.29) is 0 Å². The van der Waals surface area contributed by atoms with Gasteiger partial charge in [0.1, 0.15) is 34.1 Å². The van der Waals surface area contributed by atoms with Gasteiger partial charge in [-0.1, -0.05) is 54.6 Å². The molecule has 0 amide bonds. The first kappa shape index (κ1) is 43.8. The average Bonchev–Trinajstić information content (AvgIpc) is 3.29. The van der Waals surface area contributed by atoms with Gasteiger partial charge in [-0.25, -0.2) is 79.0 Å². The highest BCUT2D eigenvalue weighted by molar-refractivity contribution is 5.86.